The van der Waals surface area contributed by atoms with Gasteiger partial charge in [-0.25, -0.2) is 4.79 Å². The maximum Gasteiger partial charge on any atom is 0.410 e. The fraction of sp³-hybridized carbons (Fsp3) is 0.550. The Balaban J connectivity index is 2.10. The van der Waals surface area contributed by atoms with Gasteiger partial charge in [-0.15, -0.1) is 0 Å². The minimum Gasteiger partial charge on any atom is -0.465 e. The molecule has 0 aromatic heterocycles. The number of benzene rings is 1. The van der Waals surface area contributed by atoms with Crippen LogP contribution in [0.3, 0.4) is 0 Å². The highest BCUT2D eigenvalue weighted by Gasteiger charge is 2.28. The third-order valence-corrected chi connectivity index (χ3v) is 4.42. The molecule has 1 N–H and O–H groups in total. The molecular formula is C20H28N4O7. The summed E-state index contributed by atoms with van der Waals surface area (Å²) in [7, 11) is 0. The van der Waals surface area contributed by atoms with Crippen molar-refractivity contribution in [2.75, 3.05) is 44.2 Å². The maximum absolute atomic E-state index is 12.5. The molecule has 1 fully saturated rings. The number of nitrogens with one attached hydrogen (secondary N) is 1. The first kappa shape index (κ1) is 23.9. The zero-order chi connectivity index (χ0) is 23.2. The summed E-state index contributed by atoms with van der Waals surface area (Å²) in [6.45, 7) is 8.58. The first-order valence-corrected chi connectivity index (χ1v) is 9.97. The number of anilines is 1. The van der Waals surface area contributed by atoms with Crippen molar-refractivity contribution in [2.24, 2.45) is 0 Å². The third kappa shape index (κ3) is 6.83. The van der Waals surface area contributed by atoms with Crippen LogP contribution in [-0.4, -0.2) is 72.7 Å². The molecule has 0 bridgehead atoms. The van der Waals surface area contributed by atoms with Gasteiger partial charge in [-0.3, -0.25) is 19.7 Å². The number of hydrogen-bond acceptors (Lipinski definition) is 8. The van der Waals surface area contributed by atoms with Gasteiger partial charge in [-0.1, -0.05) is 0 Å². The molecule has 11 nitrogen and oxygen atoms in total. The Morgan fingerprint density at radius 1 is 1.16 bits per heavy atom. The van der Waals surface area contributed by atoms with Crippen molar-refractivity contribution in [3.8, 4) is 0 Å². The second kappa shape index (κ2) is 10.1. The van der Waals surface area contributed by atoms with Crippen molar-refractivity contribution in [3.63, 3.8) is 0 Å². The lowest BCUT2D eigenvalue weighted by atomic mass is 10.1. The van der Waals surface area contributed by atoms with Gasteiger partial charge in [0, 0.05) is 37.9 Å². The number of carbonyl (C=O) groups excluding carboxylic acids is 3. The van der Waals surface area contributed by atoms with Gasteiger partial charge in [-0.2, -0.15) is 0 Å². The molecule has 170 valence electrons. The average Bonchev–Trinajstić information content (AvgIpc) is 2.70. The summed E-state index contributed by atoms with van der Waals surface area (Å²) in [5.41, 5.74) is -0.493. The van der Waals surface area contributed by atoms with E-state index < -0.39 is 28.5 Å². The molecular weight excluding hydrogens is 408 g/mol. The Morgan fingerprint density at radius 3 is 2.35 bits per heavy atom. The van der Waals surface area contributed by atoms with Crippen LogP contribution < -0.4 is 10.2 Å². The molecule has 1 aromatic rings. The van der Waals surface area contributed by atoms with Crippen LogP contribution in [0.5, 0.6) is 0 Å². The van der Waals surface area contributed by atoms with Crippen molar-refractivity contribution in [2.45, 2.75) is 33.3 Å². The first-order chi connectivity index (χ1) is 14.5. The van der Waals surface area contributed by atoms with Crippen LogP contribution in [-0.2, 0) is 14.3 Å². The molecule has 0 unspecified atom stereocenters. The molecule has 0 spiro atoms. The van der Waals surface area contributed by atoms with Crippen LogP contribution >= 0.6 is 0 Å². The van der Waals surface area contributed by atoms with Crippen LogP contribution in [0.1, 0.15) is 38.1 Å². The molecule has 11 heteroatoms. The molecule has 1 aliphatic heterocycles. The third-order valence-electron chi connectivity index (χ3n) is 4.42. The van der Waals surface area contributed by atoms with Crippen molar-refractivity contribution in [3.05, 3.63) is 33.9 Å². The van der Waals surface area contributed by atoms with E-state index in [0.717, 1.165) is 0 Å². The monoisotopic (exact) mass is 436 g/mol. The largest absolute Gasteiger partial charge is 0.465 e. The summed E-state index contributed by atoms with van der Waals surface area (Å²) in [4.78, 5) is 50.4. The van der Waals surface area contributed by atoms with Gasteiger partial charge in [0.2, 0.25) is 0 Å². The summed E-state index contributed by atoms with van der Waals surface area (Å²) >= 11 is 0. The quantitative estimate of drug-likeness (QED) is 0.407. The molecule has 0 atom stereocenters. The highest BCUT2D eigenvalue weighted by Crippen LogP contribution is 2.26. The number of nitro benzene ring substituents is 1. The Hall–Kier alpha value is -3.37. The molecule has 1 heterocycles. The minimum absolute atomic E-state index is 0.152. The van der Waals surface area contributed by atoms with Gasteiger partial charge in [0.15, 0.2) is 0 Å². The molecule has 2 rings (SSSR count). The lowest BCUT2D eigenvalue weighted by molar-refractivity contribution is -0.385. The second-order valence-corrected chi connectivity index (χ2v) is 7.90. The molecule has 31 heavy (non-hydrogen) atoms. The highest BCUT2D eigenvalue weighted by molar-refractivity contribution is 6.00. The van der Waals surface area contributed by atoms with Gasteiger partial charge >= 0.3 is 12.1 Å². The molecule has 0 saturated carbocycles. The maximum atomic E-state index is 12.5. The van der Waals surface area contributed by atoms with Gasteiger partial charge in [0.1, 0.15) is 17.7 Å². The first-order valence-electron chi connectivity index (χ1n) is 9.97. The summed E-state index contributed by atoms with van der Waals surface area (Å²) in [5, 5.41) is 13.7. The average molecular weight is 436 g/mol. The number of ether oxygens (including phenoxy) is 2. The van der Waals surface area contributed by atoms with Crippen LogP contribution in [0.4, 0.5) is 16.2 Å². The van der Waals surface area contributed by atoms with E-state index in [1.165, 1.54) is 12.1 Å². The van der Waals surface area contributed by atoms with Gasteiger partial charge < -0.3 is 24.6 Å². The van der Waals surface area contributed by atoms with E-state index >= 15 is 0 Å². The van der Waals surface area contributed by atoms with E-state index in [4.69, 9.17) is 9.47 Å². The SMILES string of the molecule is CCOC(=O)CNC(=O)c1cc(N2CCN(C(=O)OC(C)(C)C)CC2)ccc1[N+](=O)[O-]. The van der Waals surface area contributed by atoms with E-state index in [9.17, 15) is 24.5 Å². The lowest BCUT2D eigenvalue weighted by Crippen LogP contribution is -2.50. The standard InChI is InChI=1S/C20H28N4O7/c1-5-30-17(25)13-21-18(26)15-12-14(6-7-16(15)24(28)29)22-8-10-23(11-9-22)19(27)31-20(2,3)4/h6-7,12H,5,8-11,13H2,1-4H3,(H,21,26). The molecule has 1 aromatic carbocycles. The number of carbonyl (C=O) groups is 3. The summed E-state index contributed by atoms with van der Waals surface area (Å²) in [6, 6.07) is 4.24. The van der Waals surface area contributed by atoms with E-state index in [1.54, 1.807) is 38.7 Å². The van der Waals surface area contributed by atoms with Crippen LogP contribution in [0, 0.1) is 10.1 Å². The number of nitrogens with zero attached hydrogens (tertiary/aromatic N) is 3. The fourth-order valence-electron chi connectivity index (χ4n) is 3.00. The lowest BCUT2D eigenvalue weighted by Gasteiger charge is -2.36. The smallest absolute Gasteiger partial charge is 0.410 e. The number of amides is 2. The molecule has 2 amide bonds. The molecule has 1 saturated heterocycles. The topological polar surface area (TPSA) is 131 Å². The number of hydrogen-bond donors (Lipinski definition) is 1. The number of esters is 1. The summed E-state index contributed by atoms with van der Waals surface area (Å²) < 4.78 is 10.1. The highest BCUT2D eigenvalue weighted by atomic mass is 16.6. The van der Waals surface area contributed by atoms with Gasteiger partial charge in [0.25, 0.3) is 11.6 Å². The van der Waals surface area contributed by atoms with Crippen LogP contribution in [0.2, 0.25) is 0 Å². The Morgan fingerprint density at radius 2 is 1.81 bits per heavy atom. The molecule has 0 aliphatic carbocycles. The van der Waals surface area contributed by atoms with Gasteiger partial charge in [-0.05, 0) is 39.8 Å². The zero-order valence-electron chi connectivity index (χ0n) is 18.2. The van der Waals surface area contributed by atoms with E-state index in [1.807, 2.05) is 4.90 Å². The minimum atomic E-state index is -0.742. The predicted octanol–water partition coefficient (Wildman–Crippen LogP) is 1.94. The zero-order valence-corrected chi connectivity index (χ0v) is 18.2. The number of piperazine rings is 1. The second-order valence-electron chi connectivity index (χ2n) is 7.90. The Bertz CT molecular complexity index is 842. The van der Waals surface area contributed by atoms with Crippen molar-refractivity contribution in [1.82, 2.24) is 10.2 Å². The normalized spacial score (nSPS) is 14.1. The van der Waals surface area contributed by atoms with Crippen molar-refractivity contribution >= 4 is 29.3 Å². The number of nitro groups is 1. The van der Waals surface area contributed by atoms with E-state index in [0.29, 0.717) is 31.9 Å². The van der Waals surface area contributed by atoms with Gasteiger partial charge in [0.05, 0.1) is 11.5 Å². The molecule has 1 aliphatic rings. The van der Waals surface area contributed by atoms with E-state index in [-0.39, 0.29) is 24.4 Å². The predicted molar refractivity (Wildman–Crippen MR) is 112 cm³/mol. The molecule has 0 radical (unpaired) electrons. The summed E-state index contributed by atoms with van der Waals surface area (Å²) in [5.74, 6) is -1.37. The van der Waals surface area contributed by atoms with Crippen molar-refractivity contribution in [1.29, 1.82) is 0 Å². The van der Waals surface area contributed by atoms with E-state index in [2.05, 4.69) is 5.32 Å². The van der Waals surface area contributed by atoms with Crippen LogP contribution in [0.25, 0.3) is 0 Å². The number of rotatable bonds is 6. The Labute approximate surface area is 180 Å². The Kier molecular flexibility index (Phi) is 7.78. The fourth-order valence-corrected chi connectivity index (χ4v) is 3.00. The van der Waals surface area contributed by atoms with Crippen molar-refractivity contribution < 1.29 is 28.8 Å². The van der Waals surface area contributed by atoms with Crippen LogP contribution in [0.15, 0.2) is 18.2 Å². The summed E-state index contributed by atoms with van der Waals surface area (Å²) in [6.07, 6.45) is -0.394.